The number of nitrogens with zero attached hydrogens (tertiary/aromatic N) is 3. The van der Waals surface area contributed by atoms with Gasteiger partial charge in [0.05, 0.1) is 11.6 Å². The predicted octanol–water partition coefficient (Wildman–Crippen LogP) is 5.83. The van der Waals surface area contributed by atoms with Gasteiger partial charge in [-0.25, -0.2) is 4.79 Å². The number of halogens is 4. The number of urea groups is 1. The van der Waals surface area contributed by atoms with Gasteiger partial charge in [-0.1, -0.05) is 35.1 Å². The van der Waals surface area contributed by atoms with Crippen molar-refractivity contribution in [2.75, 3.05) is 17.2 Å². The molecule has 2 N–H and O–H groups in total. The molecule has 0 radical (unpaired) electrons. The summed E-state index contributed by atoms with van der Waals surface area (Å²) in [6, 6.07) is 10.1. The van der Waals surface area contributed by atoms with Gasteiger partial charge in [0.25, 0.3) is 5.91 Å². The van der Waals surface area contributed by atoms with Gasteiger partial charge < -0.3 is 15.5 Å². The van der Waals surface area contributed by atoms with E-state index in [0.29, 0.717) is 35.1 Å². The van der Waals surface area contributed by atoms with E-state index in [0.717, 1.165) is 23.5 Å². The van der Waals surface area contributed by atoms with Crippen LogP contribution in [0.2, 0.25) is 5.02 Å². The Kier molecular flexibility index (Phi) is 6.52. The zero-order chi connectivity index (χ0) is 23.6. The molecule has 1 aliphatic rings. The van der Waals surface area contributed by atoms with Gasteiger partial charge in [0.15, 0.2) is 0 Å². The van der Waals surface area contributed by atoms with Gasteiger partial charge >= 0.3 is 12.2 Å². The Labute approximate surface area is 195 Å². The fourth-order valence-corrected chi connectivity index (χ4v) is 4.52. The van der Waals surface area contributed by atoms with Crippen LogP contribution in [0.25, 0.3) is 0 Å². The normalized spacial score (nSPS) is 16.0. The summed E-state index contributed by atoms with van der Waals surface area (Å²) in [5.41, 5.74) is -0.302. The Balaban J connectivity index is 1.45. The van der Waals surface area contributed by atoms with Crippen LogP contribution in [0.1, 0.15) is 39.3 Å². The summed E-state index contributed by atoms with van der Waals surface area (Å²) in [4.78, 5) is 26.7. The molecule has 1 unspecified atom stereocenters. The first-order valence-electron chi connectivity index (χ1n) is 9.86. The molecule has 0 bridgehead atoms. The molecule has 3 amide bonds. The van der Waals surface area contributed by atoms with Crippen molar-refractivity contribution in [3.63, 3.8) is 0 Å². The van der Waals surface area contributed by atoms with Gasteiger partial charge in [-0.3, -0.25) is 4.79 Å². The summed E-state index contributed by atoms with van der Waals surface area (Å²) in [6.45, 7) is 0.402. The second-order valence-corrected chi connectivity index (χ2v) is 8.72. The van der Waals surface area contributed by atoms with Crippen LogP contribution in [0.15, 0.2) is 48.5 Å². The number of hydrogen-bond acceptors (Lipinski definition) is 5. The Hall–Kier alpha value is -3.18. The molecule has 0 saturated carbocycles. The van der Waals surface area contributed by atoms with Crippen LogP contribution in [0.5, 0.6) is 0 Å². The average Bonchev–Trinajstić information content (AvgIpc) is 3.43. The minimum Gasteiger partial charge on any atom is -0.320 e. The first-order valence-corrected chi connectivity index (χ1v) is 11.1. The molecule has 1 aromatic heterocycles. The van der Waals surface area contributed by atoms with Crippen molar-refractivity contribution in [1.82, 2.24) is 15.1 Å². The van der Waals surface area contributed by atoms with Crippen LogP contribution in [0.3, 0.4) is 0 Å². The first kappa shape index (κ1) is 23.0. The Morgan fingerprint density at radius 3 is 2.52 bits per heavy atom. The lowest BCUT2D eigenvalue weighted by atomic mass is 10.2. The van der Waals surface area contributed by atoms with Crippen LogP contribution in [0, 0.1) is 0 Å². The van der Waals surface area contributed by atoms with Gasteiger partial charge in [0.2, 0.25) is 5.01 Å². The number of rotatable bonds is 4. The highest BCUT2D eigenvalue weighted by molar-refractivity contribution is 7.13. The molecule has 4 rings (SSSR count). The molecule has 12 heteroatoms. The maximum absolute atomic E-state index is 12.9. The SMILES string of the molecule is O=C(Nc1cccc(Cl)c1)c1nnc(C2CCCN2C(=O)Nc2cccc(C(F)(F)F)c2)s1. The molecule has 7 nitrogen and oxygen atoms in total. The highest BCUT2D eigenvalue weighted by Crippen LogP contribution is 2.35. The van der Waals surface area contributed by atoms with Crippen molar-refractivity contribution < 1.29 is 22.8 Å². The van der Waals surface area contributed by atoms with Crippen LogP contribution >= 0.6 is 22.9 Å². The highest BCUT2D eigenvalue weighted by Gasteiger charge is 2.34. The fraction of sp³-hybridized carbons (Fsp3) is 0.238. The number of alkyl halides is 3. The summed E-state index contributed by atoms with van der Waals surface area (Å²) in [5, 5.41) is 14.3. The summed E-state index contributed by atoms with van der Waals surface area (Å²) in [6.07, 6.45) is -3.23. The van der Waals surface area contributed by atoms with E-state index in [1.54, 1.807) is 24.3 Å². The highest BCUT2D eigenvalue weighted by atomic mass is 35.5. The molecular formula is C21H17ClF3N5O2S. The first-order chi connectivity index (χ1) is 15.7. The minimum atomic E-state index is -4.51. The second kappa shape index (κ2) is 9.36. The topological polar surface area (TPSA) is 87.2 Å². The molecule has 172 valence electrons. The number of carbonyl (C=O) groups excluding carboxylic acids is 2. The molecule has 33 heavy (non-hydrogen) atoms. The van der Waals surface area contributed by atoms with Crippen LogP contribution in [0.4, 0.5) is 29.3 Å². The third kappa shape index (κ3) is 5.42. The number of likely N-dealkylation sites (tertiary alicyclic amines) is 1. The molecule has 1 saturated heterocycles. The fourth-order valence-electron chi connectivity index (χ4n) is 3.45. The smallest absolute Gasteiger partial charge is 0.320 e. The molecule has 2 heterocycles. The second-order valence-electron chi connectivity index (χ2n) is 7.27. The monoisotopic (exact) mass is 495 g/mol. The minimum absolute atomic E-state index is 0.0410. The molecule has 3 aromatic rings. The molecule has 2 aromatic carbocycles. The number of aromatic nitrogens is 2. The largest absolute Gasteiger partial charge is 0.416 e. The summed E-state index contributed by atoms with van der Waals surface area (Å²) in [7, 11) is 0. The molecule has 1 fully saturated rings. The summed E-state index contributed by atoms with van der Waals surface area (Å²) in [5.74, 6) is -0.459. The molecule has 0 aliphatic carbocycles. The summed E-state index contributed by atoms with van der Waals surface area (Å²) < 4.78 is 38.8. The van der Waals surface area contributed by atoms with Crippen LogP contribution < -0.4 is 10.6 Å². The van der Waals surface area contributed by atoms with E-state index in [2.05, 4.69) is 20.8 Å². The van der Waals surface area contributed by atoms with Crippen molar-refractivity contribution in [3.8, 4) is 0 Å². The Morgan fingerprint density at radius 2 is 1.79 bits per heavy atom. The predicted molar refractivity (Wildman–Crippen MR) is 118 cm³/mol. The van der Waals surface area contributed by atoms with Crippen LogP contribution in [-0.2, 0) is 6.18 Å². The van der Waals surface area contributed by atoms with Crippen LogP contribution in [-0.4, -0.2) is 33.6 Å². The lowest BCUT2D eigenvalue weighted by molar-refractivity contribution is -0.137. The van der Waals surface area contributed by atoms with Gasteiger partial charge in [-0.05, 0) is 49.2 Å². The average molecular weight is 496 g/mol. The Morgan fingerprint density at radius 1 is 1.06 bits per heavy atom. The van der Waals surface area contributed by atoms with E-state index in [1.807, 2.05) is 0 Å². The molecule has 0 spiro atoms. The van der Waals surface area contributed by atoms with E-state index >= 15 is 0 Å². The quantitative estimate of drug-likeness (QED) is 0.476. The van der Waals surface area contributed by atoms with Gasteiger partial charge in [-0.15, -0.1) is 10.2 Å². The van der Waals surface area contributed by atoms with Gasteiger partial charge in [0.1, 0.15) is 5.01 Å². The number of carbonyl (C=O) groups is 2. The maximum Gasteiger partial charge on any atom is 0.416 e. The van der Waals surface area contributed by atoms with E-state index in [9.17, 15) is 22.8 Å². The maximum atomic E-state index is 12.9. The van der Waals surface area contributed by atoms with Crippen molar-refractivity contribution >= 4 is 46.3 Å². The molecular weight excluding hydrogens is 479 g/mol. The lowest BCUT2D eigenvalue weighted by Gasteiger charge is -2.23. The third-order valence-electron chi connectivity index (χ3n) is 4.96. The Bertz CT molecular complexity index is 1190. The van der Waals surface area contributed by atoms with E-state index < -0.39 is 29.7 Å². The number of anilines is 2. The number of amides is 3. The number of hydrogen-bond donors (Lipinski definition) is 2. The number of nitrogens with one attached hydrogen (secondary N) is 2. The zero-order valence-corrected chi connectivity index (χ0v) is 18.5. The van der Waals surface area contributed by atoms with E-state index in [1.165, 1.54) is 17.0 Å². The summed E-state index contributed by atoms with van der Waals surface area (Å²) >= 11 is 6.98. The van der Waals surface area contributed by atoms with Gasteiger partial charge in [-0.2, -0.15) is 13.2 Å². The third-order valence-corrected chi connectivity index (χ3v) is 6.22. The molecule has 1 atom stereocenters. The van der Waals surface area contributed by atoms with Crippen molar-refractivity contribution in [3.05, 3.63) is 69.1 Å². The van der Waals surface area contributed by atoms with E-state index in [4.69, 9.17) is 11.6 Å². The van der Waals surface area contributed by atoms with E-state index in [-0.39, 0.29) is 10.7 Å². The van der Waals surface area contributed by atoms with Crippen molar-refractivity contribution in [1.29, 1.82) is 0 Å². The zero-order valence-electron chi connectivity index (χ0n) is 16.9. The van der Waals surface area contributed by atoms with Crippen molar-refractivity contribution in [2.24, 2.45) is 0 Å². The van der Waals surface area contributed by atoms with Gasteiger partial charge in [0, 0.05) is 22.9 Å². The number of benzene rings is 2. The molecule has 1 aliphatic heterocycles. The standard InChI is InChI=1S/C21H17ClF3N5O2S/c22-13-5-2-7-15(11-13)26-17(31)19-29-28-18(33-19)16-8-3-9-30(16)20(32)27-14-6-1-4-12(10-14)21(23,24)25/h1-2,4-7,10-11,16H,3,8-9H2,(H,26,31)(H,27,32). The lowest BCUT2D eigenvalue weighted by Crippen LogP contribution is -2.34. The van der Waals surface area contributed by atoms with Crippen molar-refractivity contribution in [2.45, 2.75) is 25.1 Å².